The molecule has 0 amide bonds. The van der Waals surface area contributed by atoms with Gasteiger partial charge in [-0.15, -0.1) is 0 Å². The molecule has 1 heterocycles. The van der Waals surface area contributed by atoms with E-state index in [1.165, 1.54) is 33.8 Å². The Labute approximate surface area is 115 Å². The Morgan fingerprint density at radius 1 is 0.842 bits per heavy atom. The van der Waals surface area contributed by atoms with Gasteiger partial charge in [-0.1, -0.05) is 50.1 Å². The number of aromatic nitrogens is 1. The molecule has 100 valence electrons. The van der Waals surface area contributed by atoms with Gasteiger partial charge in [0, 0.05) is 28.4 Å². The van der Waals surface area contributed by atoms with Crippen LogP contribution in [0.1, 0.15) is 32.8 Å². The van der Waals surface area contributed by atoms with Crippen molar-refractivity contribution >= 4 is 21.8 Å². The van der Waals surface area contributed by atoms with E-state index in [9.17, 15) is 0 Å². The van der Waals surface area contributed by atoms with Gasteiger partial charge in [-0.25, -0.2) is 0 Å². The second-order valence-electron chi connectivity index (χ2n) is 4.99. The molecule has 1 nitrogen and oxygen atoms in total. The first-order valence-corrected chi connectivity index (χ1v) is 7.20. The largest absolute Gasteiger partial charge is 0.341 e. The molecule has 0 saturated heterocycles. The van der Waals surface area contributed by atoms with Crippen molar-refractivity contribution in [1.29, 1.82) is 0 Å². The van der Waals surface area contributed by atoms with Crippen LogP contribution in [-0.2, 0) is 6.54 Å². The molecule has 2 aromatic carbocycles. The fraction of sp³-hybridized carbons (Fsp3) is 0.333. The lowest BCUT2D eigenvalue weighted by molar-refractivity contribution is 0.827. The van der Waals surface area contributed by atoms with Crippen LogP contribution in [0.3, 0.4) is 0 Å². The average Bonchev–Trinajstić information content (AvgIpc) is 2.73. The van der Waals surface area contributed by atoms with Crippen molar-refractivity contribution in [3.63, 3.8) is 0 Å². The highest BCUT2D eigenvalue weighted by molar-refractivity contribution is 6.08. The van der Waals surface area contributed by atoms with Crippen molar-refractivity contribution in [1.82, 2.24) is 4.57 Å². The standard InChI is InChI=1S/C15H15N.C3H8/c1-3-16-14-7-5-4-6-12(14)13-10-11(2)8-9-15(13)16;1-3-2/h4-10H,3H2,1-2H3;3H2,1-2H3. The van der Waals surface area contributed by atoms with E-state index in [1.54, 1.807) is 0 Å². The number of hydrogen-bond donors (Lipinski definition) is 0. The van der Waals surface area contributed by atoms with Crippen LogP contribution in [0.25, 0.3) is 21.8 Å². The van der Waals surface area contributed by atoms with Crippen molar-refractivity contribution < 1.29 is 0 Å². The van der Waals surface area contributed by atoms with Gasteiger partial charge in [-0.3, -0.25) is 0 Å². The summed E-state index contributed by atoms with van der Waals surface area (Å²) in [6.45, 7) is 9.62. The van der Waals surface area contributed by atoms with Crippen molar-refractivity contribution in [2.24, 2.45) is 0 Å². The quantitative estimate of drug-likeness (QED) is 0.536. The molecule has 0 atom stereocenters. The lowest BCUT2D eigenvalue weighted by Crippen LogP contribution is -1.92. The molecule has 1 aromatic heterocycles. The lowest BCUT2D eigenvalue weighted by Gasteiger charge is -2.02. The first kappa shape index (κ1) is 13.7. The maximum atomic E-state index is 2.38. The third-order valence-electron chi connectivity index (χ3n) is 3.24. The maximum absolute atomic E-state index is 2.38. The predicted molar refractivity (Wildman–Crippen MR) is 85.8 cm³/mol. The van der Waals surface area contributed by atoms with Crippen LogP contribution in [-0.4, -0.2) is 4.57 Å². The van der Waals surface area contributed by atoms with Crippen LogP contribution in [0.4, 0.5) is 0 Å². The molecule has 0 aliphatic carbocycles. The fourth-order valence-corrected chi connectivity index (χ4v) is 2.51. The molecule has 0 radical (unpaired) electrons. The summed E-state index contributed by atoms with van der Waals surface area (Å²) >= 11 is 0. The first-order valence-electron chi connectivity index (χ1n) is 7.20. The van der Waals surface area contributed by atoms with Gasteiger partial charge in [0.25, 0.3) is 0 Å². The van der Waals surface area contributed by atoms with Crippen LogP contribution in [0.15, 0.2) is 42.5 Å². The molecule has 1 heteroatoms. The van der Waals surface area contributed by atoms with E-state index in [0.29, 0.717) is 0 Å². The zero-order valence-corrected chi connectivity index (χ0v) is 12.4. The van der Waals surface area contributed by atoms with E-state index in [0.717, 1.165) is 6.54 Å². The Kier molecular flexibility index (Phi) is 4.26. The number of rotatable bonds is 1. The van der Waals surface area contributed by atoms with E-state index in [-0.39, 0.29) is 0 Å². The normalized spacial score (nSPS) is 10.5. The van der Waals surface area contributed by atoms with Crippen molar-refractivity contribution in [3.8, 4) is 0 Å². The zero-order chi connectivity index (χ0) is 13.8. The van der Waals surface area contributed by atoms with Gasteiger partial charge < -0.3 is 4.57 Å². The van der Waals surface area contributed by atoms with Gasteiger partial charge in [0.2, 0.25) is 0 Å². The van der Waals surface area contributed by atoms with Crippen molar-refractivity contribution in [2.75, 3.05) is 0 Å². The van der Waals surface area contributed by atoms with E-state index >= 15 is 0 Å². The van der Waals surface area contributed by atoms with Crippen LogP contribution >= 0.6 is 0 Å². The topological polar surface area (TPSA) is 4.93 Å². The van der Waals surface area contributed by atoms with Gasteiger partial charge in [-0.05, 0) is 32.0 Å². The summed E-state index contributed by atoms with van der Waals surface area (Å²) in [6.07, 6.45) is 1.25. The molecule has 0 bridgehead atoms. The van der Waals surface area contributed by atoms with Crippen LogP contribution in [0.2, 0.25) is 0 Å². The summed E-state index contributed by atoms with van der Waals surface area (Å²) in [4.78, 5) is 0. The second kappa shape index (κ2) is 5.92. The summed E-state index contributed by atoms with van der Waals surface area (Å²) < 4.78 is 2.38. The summed E-state index contributed by atoms with van der Waals surface area (Å²) in [5, 5.41) is 2.74. The first-order chi connectivity index (χ1) is 9.22. The molecular formula is C18H23N. The minimum absolute atomic E-state index is 1.02. The summed E-state index contributed by atoms with van der Waals surface area (Å²) in [5.41, 5.74) is 4.01. The highest BCUT2D eigenvalue weighted by atomic mass is 15.0. The van der Waals surface area contributed by atoms with Crippen molar-refractivity contribution in [3.05, 3.63) is 48.0 Å². The summed E-state index contributed by atoms with van der Waals surface area (Å²) in [5.74, 6) is 0. The van der Waals surface area contributed by atoms with Crippen LogP contribution < -0.4 is 0 Å². The minimum atomic E-state index is 1.02. The third-order valence-corrected chi connectivity index (χ3v) is 3.24. The Balaban J connectivity index is 0.000000408. The predicted octanol–water partition coefficient (Wildman–Crippen LogP) is 5.54. The molecule has 19 heavy (non-hydrogen) atoms. The monoisotopic (exact) mass is 253 g/mol. The Morgan fingerprint density at radius 3 is 2.16 bits per heavy atom. The highest BCUT2D eigenvalue weighted by Crippen LogP contribution is 2.29. The van der Waals surface area contributed by atoms with E-state index in [4.69, 9.17) is 0 Å². The molecular weight excluding hydrogens is 230 g/mol. The van der Waals surface area contributed by atoms with E-state index in [1.807, 2.05) is 0 Å². The van der Waals surface area contributed by atoms with Gasteiger partial charge in [0.1, 0.15) is 0 Å². The van der Waals surface area contributed by atoms with Gasteiger partial charge >= 0.3 is 0 Å². The smallest absolute Gasteiger partial charge is 0.0491 e. The number of hydrogen-bond acceptors (Lipinski definition) is 0. The molecule has 0 aliphatic heterocycles. The summed E-state index contributed by atoms with van der Waals surface area (Å²) in [6, 6.07) is 15.3. The number of para-hydroxylation sites is 1. The molecule has 0 unspecified atom stereocenters. The molecule has 3 rings (SSSR count). The van der Waals surface area contributed by atoms with E-state index < -0.39 is 0 Å². The average molecular weight is 253 g/mol. The number of fused-ring (bicyclic) bond motifs is 3. The number of benzene rings is 2. The molecule has 0 N–H and O–H groups in total. The Morgan fingerprint density at radius 2 is 1.47 bits per heavy atom. The van der Waals surface area contributed by atoms with Crippen LogP contribution in [0, 0.1) is 6.92 Å². The Hall–Kier alpha value is -1.76. The van der Waals surface area contributed by atoms with Crippen molar-refractivity contribution in [2.45, 2.75) is 40.7 Å². The van der Waals surface area contributed by atoms with Gasteiger partial charge in [0.05, 0.1) is 0 Å². The highest BCUT2D eigenvalue weighted by Gasteiger charge is 2.08. The summed E-state index contributed by atoms with van der Waals surface area (Å²) in [7, 11) is 0. The molecule has 0 fully saturated rings. The fourth-order valence-electron chi connectivity index (χ4n) is 2.51. The molecule has 0 aliphatic rings. The van der Waals surface area contributed by atoms with Crippen LogP contribution in [0.5, 0.6) is 0 Å². The molecule has 3 aromatic rings. The number of nitrogens with zero attached hydrogens (tertiary/aromatic N) is 1. The maximum Gasteiger partial charge on any atom is 0.0491 e. The minimum Gasteiger partial charge on any atom is -0.341 e. The second-order valence-corrected chi connectivity index (χ2v) is 4.99. The lowest BCUT2D eigenvalue weighted by atomic mass is 10.1. The SMILES string of the molecule is CCC.CCn1c2ccccc2c2cc(C)ccc21. The third kappa shape index (κ3) is 2.51. The number of aryl methyl sites for hydroxylation is 2. The van der Waals surface area contributed by atoms with Gasteiger partial charge in [0.15, 0.2) is 0 Å². The molecule has 0 saturated carbocycles. The van der Waals surface area contributed by atoms with E-state index in [2.05, 4.69) is 74.7 Å². The molecule has 0 spiro atoms. The Bertz CT molecular complexity index is 677. The van der Waals surface area contributed by atoms with Gasteiger partial charge in [-0.2, -0.15) is 0 Å². The zero-order valence-electron chi connectivity index (χ0n) is 12.4.